The van der Waals surface area contributed by atoms with Crippen molar-refractivity contribution in [2.75, 3.05) is 13.1 Å². The molecule has 1 amide bonds. The molecule has 2 aliphatic rings. The summed E-state index contributed by atoms with van der Waals surface area (Å²) in [5, 5.41) is 0. The maximum absolute atomic E-state index is 12.6. The highest BCUT2D eigenvalue weighted by atomic mass is 16.5. The quantitative estimate of drug-likeness (QED) is 0.800. The Hall–Kier alpha value is -2.56. The summed E-state index contributed by atoms with van der Waals surface area (Å²) in [6, 6.07) is 7.79. The fourth-order valence-electron chi connectivity index (χ4n) is 2.98. The summed E-state index contributed by atoms with van der Waals surface area (Å²) in [6.45, 7) is 3.93. The van der Waals surface area contributed by atoms with Gasteiger partial charge in [0.05, 0.1) is 11.4 Å². The molecule has 0 spiro atoms. The number of aromatic nitrogens is 2. The van der Waals surface area contributed by atoms with Crippen LogP contribution in [0.4, 0.5) is 0 Å². The predicted molar refractivity (Wildman–Crippen MR) is 82.2 cm³/mol. The fourth-order valence-corrected chi connectivity index (χ4v) is 2.98. The maximum Gasteiger partial charge on any atom is 0.275 e. The number of likely N-dealkylation sites (tertiary alicyclic amines) is 1. The van der Waals surface area contributed by atoms with E-state index in [0.717, 1.165) is 36.6 Å². The van der Waals surface area contributed by atoms with Gasteiger partial charge >= 0.3 is 0 Å². The van der Waals surface area contributed by atoms with Crippen LogP contribution >= 0.6 is 0 Å². The molecule has 0 unspecified atom stereocenters. The van der Waals surface area contributed by atoms with E-state index in [0.29, 0.717) is 12.3 Å². The van der Waals surface area contributed by atoms with E-state index in [2.05, 4.69) is 18.0 Å². The molecule has 2 aromatic rings. The van der Waals surface area contributed by atoms with Crippen molar-refractivity contribution in [3.8, 4) is 11.4 Å². The smallest absolute Gasteiger partial charge is 0.275 e. The summed E-state index contributed by atoms with van der Waals surface area (Å²) in [5.41, 5.74) is 3.60. The van der Waals surface area contributed by atoms with E-state index in [1.54, 1.807) is 6.33 Å². The zero-order valence-electron chi connectivity index (χ0n) is 12.5. The molecule has 1 aromatic heterocycles. The first-order valence-electron chi connectivity index (χ1n) is 7.53. The number of rotatable bonds is 2. The van der Waals surface area contributed by atoms with Crippen LogP contribution in [-0.4, -0.2) is 33.4 Å². The van der Waals surface area contributed by atoms with Gasteiger partial charge in [0.2, 0.25) is 0 Å². The third-order valence-electron chi connectivity index (χ3n) is 4.13. The Labute approximate surface area is 128 Å². The SMILES string of the molecule is CCC=C1CN(C(=O)c2ncn3c2COc2ccccc2-3)C1. The molecule has 1 saturated heterocycles. The van der Waals surface area contributed by atoms with Crippen molar-refractivity contribution in [1.29, 1.82) is 0 Å². The fraction of sp³-hybridized carbons (Fsp3) is 0.294. The van der Waals surface area contributed by atoms with E-state index >= 15 is 0 Å². The number of allylic oxidation sites excluding steroid dienone is 1. The number of imidazole rings is 1. The Morgan fingerprint density at radius 3 is 3.00 bits per heavy atom. The summed E-state index contributed by atoms with van der Waals surface area (Å²) in [6.07, 6.45) is 4.92. The normalized spacial score (nSPS) is 15.5. The molecule has 1 aromatic carbocycles. The molecular formula is C17H17N3O2. The van der Waals surface area contributed by atoms with Gasteiger partial charge in [-0.3, -0.25) is 9.36 Å². The van der Waals surface area contributed by atoms with Crippen molar-refractivity contribution in [2.45, 2.75) is 20.0 Å². The van der Waals surface area contributed by atoms with E-state index in [1.165, 1.54) is 5.57 Å². The Morgan fingerprint density at radius 2 is 2.18 bits per heavy atom. The van der Waals surface area contributed by atoms with Crippen LogP contribution in [0.25, 0.3) is 5.69 Å². The number of carbonyl (C=O) groups excluding carboxylic acids is 1. The van der Waals surface area contributed by atoms with Gasteiger partial charge in [-0.1, -0.05) is 25.1 Å². The molecular weight excluding hydrogens is 278 g/mol. The molecule has 4 rings (SSSR count). The molecule has 112 valence electrons. The first-order valence-corrected chi connectivity index (χ1v) is 7.53. The van der Waals surface area contributed by atoms with Gasteiger partial charge in [0.15, 0.2) is 5.69 Å². The van der Waals surface area contributed by atoms with Crippen LogP contribution in [0.5, 0.6) is 5.75 Å². The number of para-hydroxylation sites is 2. The van der Waals surface area contributed by atoms with Gasteiger partial charge in [-0.25, -0.2) is 4.98 Å². The Balaban J connectivity index is 1.63. The lowest BCUT2D eigenvalue weighted by Gasteiger charge is -2.34. The van der Waals surface area contributed by atoms with Crippen molar-refractivity contribution < 1.29 is 9.53 Å². The van der Waals surface area contributed by atoms with Crippen molar-refractivity contribution in [3.05, 3.63) is 53.6 Å². The minimum atomic E-state index is -0.00927. The first-order chi connectivity index (χ1) is 10.8. The Kier molecular flexibility index (Phi) is 2.99. The summed E-state index contributed by atoms with van der Waals surface area (Å²) in [7, 11) is 0. The zero-order chi connectivity index (χ0) is 15.1. The van der Waals surface area contributed by atoms with Crippen molar-refractivity contribution in [3.63, 3.8) is 0 Å². The van der Waals surface area contributed by atoms with Crippen LogP contribution in [0, 0.1) is 0 Å². The number of fused-ring (bicyclic) bond motifs is 3. The van der Waals surface area contributed by atoms with E-state index in [-0.39, 0.29) is 5.91 Å². The molecule has 22 heavy (non-hydrogen) atoms. The summed E-state index contributed by atoms with van der Waals surface area (Å²) in [4.78, 5) is 18.8. The predicted octanol–water partition coefficient (Wildman–Crippen LogP) is 2.56. The number of hydrogen-bond acceptors (Lipinski definition) is 3. The van der Waals surface area contributed by atoms with Crippen molar-refractivity contribution >= 4 is 5.91 Å². The number of carbonyl (C=O) groups is 1. The van der Waals surface area contributed by atoms with Crippen LogP contribution in [-0.2, 0) is 6.61 Å². The Bertz CT molecular complexity index is 768. The van der Waals surface area contributed by atoms with Gasteiger partial charge in [0.1, 0.15) is 18.7 Å². The highest BCUT2D eigenvalue weighted by Gasteiger charge is 2.31. The second-order valence-corrected chi connectivity index (χ2v) is 5.60. The number of hydrogen-bond donors (Lipinski definition) is 0. The highest BCUT2D eigenvalue weighted by molar-refractivity contribution is 5.95. The summed E-state index contributed by atoms with van der Waals surface area (Å²) in [5.74, 6) is 0.813. The van der Waals surface area contributed by atoms with Crippen molar-refractivity contribution in [1.82, 2.24) is 14.5 Å². The lowest BCUT2D eigenvalue weighted by Crippen LogP contribution is -2.45. The topological polar surface area (TPSA) is 47.4 Å². The molecule has 2 aliphatic heterocycles. The van der Waals surface area contributed by atoms with E-state index < -0.39 is 0 Å². The molecule has 0 atom stereocenters. The number of nitrogens with zero attached hydrogens (tertiary/aromatic N) is 3. The van der Waals surface area contributed by atoms with Gasteiger partial charge in [0, 0.05) is 13.1 Å². The molecule has 0 aliphatic carbocycles. The maximum atomic E-state index is 12.6. The van der Waals surface area contributed by atoms with Gasteiger partial charge in [-0.2, -0.15) is 0 Å². The molecule has 5 heteroatoms. The van der Waals surface area contributed by atoms with Gasteiger partial charge in [-0.15, -0.1) is 0 Å². The molecule has 0 bridgehead atoms. The number of ether oxygens (including phenoxy) is 1. The van der Waals surface area contributed by atoms with E-state index in [1.807, 2.05) is 33.7 Å². The molecule has 5 nitrogen and oxygen atoms in total. The second-order valence-electron chi connectivity index (χ2n) is 5.60. The molecule has 0 radical (unpaired) electrons. The third kappa shape index (κ3) is 1.93. The Morgan fingerprint density at radius 1 is 1.36 bits per heavy atom. The van der Waals surface area contributed by atoms with Crippen LogP contribution in [0.3, 0.4) is 0 Å². The minimum Gasteiger partial charge on any atom is -0.485 e. The second kappa shape index (κ2) is 5.02. The average molecular weight is 295 g/mol. The average Bonchev–Trinajstić information content (AvgIpc) is 2.94. The van der Waals surface area contributed by atoms with Crippen LogP contribution in [0.2, 0.25) is 0 Å². The lowest BCUT2D eigenvalue weighted by atomic mass is 10.1. The van der Waals surface area contributed by atoms with Crippen LogP contribution in [0.1, 0.15) is 29.5 Å². The van der Waals surface area contributed by atoms with E-state index in [9.17, 15) is 4.79 Å². The standard InChI is InChI=1S/C17H17N3O2/c1-2-5-12-8-19(9-12)17(21)16-14-10-22-15-7-4-3-6-13(15)20(14)11-18-16/h3-7,11H,2,8-10H2,1H3. The van der Waals surface area contributed by atoms with Gasteiger partial charge in [0.25, 0.3) is 5.91 Å². The zero-order valence-corrected chi connectivity index (χ0v) is 12.5. The molecule has 1 fully saturated rings. The summed E-state index contributed by atoms with van der Waals surface area (Å²) < 4.78 is 7.70. The third-order valence-corrected chi connectivity index (χ3v) is 4.13. The van der Waals surface area contributed by atoms with Crippen molar-refractivity contribution in [2.24, 2.45) is 0 Å². The van der Waals surface area contributed by atoms with Gasteiger partial charge in [-0.05, 0) is 24.1 Å². The molecule has 3 heterocycles. The van der Waals surface area contributed by atoms with E-state index in [4.69, 9.17) is 4.74 Å². The first kappa shape index (κ1) is 13.1. The molecule has 0 saturated carbocycles. The minimum absolute atomic E-state index is 0.00927. The lowest BCUT2D eigenvalue weighted by molar-refractivity contribution is 0.0718. The largest absolute Gasteiger partial charge is 0.485 e. The van der Waals surface area contributed by atoms with Gasteiger partial charge < -0.3 is 9.64 Å². The highest BCUT2D eigenvalue weighted by Crippen LogP contribution is 2.31. The molecule has 0 N–H and O–H groups in total. The van der Waals surface area contributed by atoms with Crippen LogP contribution in [0.15, 0.2) is 42.2 Å². The summed E-state index contributed by atoms with van der Waals surface area (Å²) >= 11 is 0. The monoisotopic (exact) mass is 295 g/mol. The number of benzene rings is 1. The van der Waals surface area contributed by atoms with Crippen LogP contribution < -0.4 is 4.74 Å². The number of amides is 1.